The summed E-state index contributed by atoms with van der Waals surface area (Å²) in [5.74, 6) is 0. The summed E-state index contributed by atoms with van der Waals surface area (Å²) in [6, 6.07) is 17.1. The highest BCUT2D eigenvalue weighted by atomic mass is 32.2. The second kappa shape index (κ2) is 13.1. The van der Waals surface area contributed by atoms with Crippen LogP contribution in [0.4, 0.5) is 0 Å². The number of nitrogens with zero attached hydrogens (tertiary/aromatic N) is 3. The van der Waals surface area contributed by atoms with Crippen LogP contribution in [0.1, 0.15) is 11.1 Å². The van der Waals surface area contributed by atoms with Gasteiger partial charge in [-0.15, -0.1) is 0 Å². The summed E-state index contributed by atoms with van der Waals surface area (Å²) in [6.45, 7) is -0.705. The lowest BCUT2D eigenvalue weighted by molar-refractivity contribution is -0.120. The minimum Gasteiger partial charge on any atom is -0.394 e. The molecule has 4 atom stereocenters. The lowest BCUT2D eigenvalue weighted by Crippen LogP contribution is -2.49. The van der Waals surface area contributed by atoms with Crippen LogP contribution in [0, 0.1) is 0 Å². The predicted octanol–water partition coefficient (Wildman–Crippen LogP) is 2.17. The molecule has 0 fully saturated rings. The molecule has 0 saturated carbocycles. The van der Waals surface area contributed by atoms with Gasteiger partial charge in [0.2, 0.25) is 0 Å². The lowest BCUT2D eigenvalue weighted by atomic mass is 10.0. The van der Waals surface area contributed by atoms with Crippen molar-refractivity contribution in [2.75, 3.05) is 19.5 Å². The van der Waals surface area contributed by atoms with E-state index in [0.717, 1.165) is 17.4 Å². The van der Waals surface area contributed by atoms with Crippen molar-refractivity contribution in [3.63, 3.8) is 0 Å². The van der Waals surface area contributed by atoms with E-state index in [9.17, 15) is 18.6 Å². The average molecular weight is 466 g/mol. The van der Waals surface area contributed by atoms with E-state index >= 15 is 0 Å². The maximum absolute atomic E-state index is 11.6. The van der Waals surface area contributed by atoms with Crippen molar-refractivity contribution in [3.05, 3.63) is 82.2 Å². The smallest absolute Gasteiger partial charge is 0.264 e. The van der Waals surface area contributed by atoms with Crippen LogP contribution in [0.2, 0.25) is 0 Å². The van der Waals surface area contributed by atoms with E-state index in [4.69, 9.17) is 19.2 Å². The quantitative estimate of drug-likeness (QED) is 0.188. The normalized spacial score (nSPS) is 15.3. The maximum Gasteiger partial charge on any atom is 0.264 e. The van der Waals surface area contributed by atoms with Crippen molar-refractivity contribution in [3.8, 4) is 0 Å². The number of hydrogen-bond donors (Lipinski definition) is 2. The van der Waals surface area contributed by atoms with Crippen LogP contribution in [-0.2, 0) is 37.0 Å². The van der Waals surface area contributed by atoms with Gasteiger partial charge in [0.05, 0.1) is 44.8 Å². The second-order valence-electron chi connectivity index (χ2n) is 7.05. The first-order valence-corrected chi connectivity index (χ1v) is 11.6. The fraction of sp³-hybridized carbons (Fsp3) is 0.429. The molecule has 2 rings (SSSR count). The molecule has 0 bridgehead atoms. The standard InChI is InChI=1S/C21H27N3O7S/c1-32(27,28)31-19(12-25)21(30-14-17-10-6-3-7-11-17)20(26)18(23-24-22)15-29-13-16-8-4-2-5-9-16/h2-11,18-21,25-26H,12-15H2,1H3/t18-,19-,20-,21-/m0/s1. The van der Waals surface area contributed by atoms with Crippen LogP contribution in [0.5, 0.6) is 0 Å². The molecule has 0 aliphatic carbocycles. The Bertz CT molecular complexity index is 954. The number of azide groups is 1. The van der Waals surface area contributed by atoms with Gasteiger partial charge in [0.15, 0.2) is 0 Å². The summed E-state index contributed by atoms with van der Waals surface area (Å²) in [7, 11) is -3.97. The number of hydrogen-bond acceptors (Lipinski definition) is 8. The molecule has 0 saturated heterocycles. The lowest BCUT2D eigenvalue weighted by Gasteiger charge is -2.32. The highest BCUT2D eigenvalue weighted by Crippen LogP contribution is 2.19. The van der Waals surface area contributed by atoms with Crippen molar-refractivity contribution in [1.29, 1.82) is 0 Å². The Morgan fingerprint density at radius 3 is 2.09 bits per heavy atom. The summed E-state index contributed by atoms with van der Waals surface area (Å²) in [6.07, 6.45) is -3.45. The van der Waals surface area contributed by atoms with Gasteiger partial charge < -0.3 is 19.7 Å². The summed E-state index contributed by atoms with van der Waals surface area (Å²) in [4.78, 5) is 2.75. The van der Waals surface area contributed by atoms with Gasteiger partial charge in [-0.1, -0.05) is 65.8 Å². The van der Waals surface area contributed by atoms with Gasteiger partial charge in [-0.2, -0.15) is 8.42 Å². The maximum atomic E-state index is 11.6. The monoisotopic (exact) mass is 465 g/mol. The minimum atomic E-state index is -3.97. The average Bonchev–Trinajstić information content (AvgIpc) is 2.78. The summed E-state index contributed by atoms with van der Waals surface area (Å²) in [5.41, 5.74) is 10.6. The molecule has 0 aliphatic heterocycles. The zero-order valence-electron chi connectivity index (χ0n) is 17.6. The Labute approximate surface area is 187 Å². The van der Waals surface area contributed by atoms with E-state index in [1.807, 2.05) is 36.4 Å². The number of aliphatic hydroxyl groups is 2. The molecular formula is C21H27N3O7S. The molecule has 0 amide bonds. The second-order valence-corrected chi connectivity index (χ2v) is 8.65. The first kappa shape index (κ1) is 25.8. The molecule has 2 N–H and O–H groups in total. The van der Waals surface area contributed by atoms with Gasteiger partial charge in [-0.3, -0.25) is 4.18 Å². The summed E-state index contributed by atoms with van der Waals surface area (Å²) in [5, 5.41) is 24.2. The number of aliphatic hydroxyl groups excluding tert-OH is 2. The molecule has 2 aromatic carbocycles. The van der Waals surface area contributed by atoms with Gasteiger partial charge >= 0.3 is 0 Å². The van der Waals surface area contributed by atoms with Crippen LogP contribution in [0.15, 0.2) is 65.8 Å². The Balaban J connectivity index is 2.16. The number of benzene rings is 2. The third kappa shape index (κ3) is 8.93. The van der Waals surface area contributed by atoms with Gasteiger partial charge in [-0.25, -0.2) is 0 Å². The Kier molecular flexibility index (Phi) is 10.6. The highest BCUT2D eigenvalue weighted by molar-refractivity contribution is 7.86. The van der Waals surface area contributed by atoms with E-state index in [1.165, 1.54) is 0 Å². The van der Waals surface area contributed by atoms with E-state index in [0.29, 0.717) is 0 Å². The summed E-state index contributed by atoms with van der Waals surface area (Å²) >= 11 is 0. The fourth-order valence-corrected chi connectivity index (χ4v) is 3.58. The first-order chi connectivity index (χ1) is 15.3. The van der Waals surface area contributed by atoms with Gasteiger partial charge in [-0.05, 0) is 16.7 Å². The highest BCUT2D eigenvalue weighted by Gasteiger charge is 2.37. The minimum absolute atomic E-state index is 0.0000485. The molecule has 174 valence electrons. The number of ether oxygens (including phenoxy) is 2. The van der Waals surface area contributed by atoms with E-state index in [1.54, 1.807) is 24.3 Å². The van der Waals surface area contributed by atoms with Crippen LogP contribution in [0.25, 0.3) is 10.4 Å². The van der Waals surface area contributed by atoms with Crippen molar-refractivity contribution < 1.29 is 32.3 Å². The topological polar surface area (TPSA) is 151 Å². The van der Waals surface area contributed by atoms with Gasteiger partial charge in [0.1, 0.15) is 12.2 Å². The van der Waals surface area contributed by atoms with Crippen LogP contribution >= 0.6 is 0 Å². The van der Waals surface area contributed by atoms with Gasteiger partial charge in [0.25, 0.3) is 10.1 Å². The molecule has 11 heteroatoms. The Hall–Kier alpha value is -2.50. The molecule has 32 heavy (non-hydrogen) atoms. The Morgan fingerprint density at radius 1 is 1.03 bits per heavy atom. The van der Waals surface area contributed by atoms with Crippen molar-refractivity contribution in [2.45, 2.75) is 37.6 Å². The number of rotatable bonds is 14. The van der Waals surface area contributed by atoms with Crippen molar-refractivity contribution >= 4 is 10.1 Å². The van der Waals surface area contributed by atoms with Crippen molar-refractivity contribution in [1.82, 2.24) is 0 Å². The SMILES string of the molecule is CS(=O)(=O)O[C@@H](CO)[C@H](OCc1ccccc1)[C@@H](O)[C@H](COCc1ccccc1)N=[N+]=[N-]. The largest absolute Gasteiger partial charge is 0.394 e. The van der Waals surface area contributed by atoms with Crippen LogP contribution in [0.3, 0.4) is 0 Å². The zero-order chi connectivity index (χ0) is 23.4. The molecule has 0 unspecified atom stereocenters. The van der Waals surface area contributed by atoms with Gasteiger partial charge in [0, 0.05) is 4.91 Å². The molecule has 0 spiro atoms. The molecule has 0 aromatic heterocycles. The van der Waals surface area contributed by atoms with Crippen LogP contribution < -0.4 is 0 Å². The first-order valence-electron chi connectivity index (χ1n) is 9.82. The third-order valence-corrected chi connectivity index (χ3v) is 5.06. The van der Waals surface area contributed by atoms with Crippen LogP contribution in [-0.4, -0.2) is 62.5 Å². The molecule has 0 aliphatic rings. The molecule has 2 aromatic rings. The Morgan fingerprint density at radius 2 is 1.59 bits per heavy atom. The molecule has 10 nitrogen and oxygen atoms in total. The molecular weight excluding hydrogens is 438 g/mol. The molecule has 0 radical (unpaired) electrons. The zero-order valence-corrected chi connectivity index (χ0v) is 18.4. The fourth-order valence-electron chi connectivity index (χ4n) is 2.96. The van der Waals surface area contributed by atoms with Crippen molar-refractivity contribution in [2.24, 2.45) is 5.11 Å². The summed E-state index contributed by atoms with van der Waals surface area (Å²) < 4.78 is 39.5. The van der Waals surface area contributed by atoms with E-state index in [-0.39, 0.29) is 19.8 Å². The third-order valence-electron chi connectivity index (χ3n) is 4.46. The predicted molar refractivity (Wildman–Crippen MR) is 117 cm³/mol. The van der Waals surface area contributed by atoms with E-state index in [2.05, 4.69) is 10.0 Å². The van der Waals surface area contributed by atoms with E-state index < -0.39 is 41.1 Å². The molecule has 0 heterocycles.